The normalized spacial score (nSPS) is 10.4. The monoisotopic (exact) mass is 684 g/mol. The number of pyridine rings is 3. The third kappa shape index (κ3) is 5.41. The van der Waals surface area contributed by atoms with Crippen molar-refractivity contribution in [1.29, 1.82) is 0 Å². The molecule has 2 aromatic carbocycles. The van der Waals surface area contributed by atoms with E-state index in [4.69, 9.17) is 0 Å². The molecule has 34 heavy (non-hydrogen) atoms. The van der Waals surface area contributed by atoms with Crippen molar-refractivity contribution in [3.63, 3.8) is 0 Å². The maximum absolute atomic E-state index is 4.57. The third-order valence-electron chi connectivity index (χ3n) is 5.24. The first-order valence-electron chi connectivity index (χ1n) is 10.7. The van der Waals surface area contributed by atoms with Gasteiger partial charge in [0.1, 0.15) is 0 Å². The van der Waals surface area contributed by atoms with Crippen LogP contribution < -0.4 is 0 Å². The maximum Gasteiger partial charge on any atom is 0.0190 e. The summed E-state index contributed by atoms with van der Waals surface area (Å²) in [5.41, 5.74) is 5.92. The van der Waals surface area contributed by atoms with Crippen molar-refractivity contribution in [3.8, 4) is 22.6 Å². The van der Waals surface area contributed by atoms with Gasteiger partial charge in [-0.2, -0.15) is 0 Å². The molecule has 5 heteroatoms. The van der Waals surface area contributed by atoms with Gasteiger partial charge in [0, 0.05) is 26.3 Å². The predicted octanol–water partition coefficient (Wildman–Crippen LogP) is 6.47. The van der Waals surface area contributed by atoms with Gasteiger partial charge in [-0.3, -0.25) is 0 Å². The Morgan fingerprint density at radius 1 is 0.706 bits per heavy atom. The summed E-state index contributed by atoms with van der Waals surface area (Å²) < 4.78 is 2.80. The summed E-state index contributed by atoms with van der Waals surface area (Å²) in [5, 5.41) is 2.65. The van der Waals surface area contributed by atoms with Crippen LogP contribution in [0.1, 0.15) is 11.3 Å². The molecule has 0 saturated heterocycles. The van der Waals surface area contributed by atoms with Crippen LogP contribution in [0, 0.1) is 26.0 Å². The standard InChI is InChI=1S/C17H11N2Se.C12H10N.Ir/c1-11-5-4-7-14(19-11)15-9-13-12-6-2-3-8-16(12)20-17(13)10-18-15;1-10-7-8-12(13-9-10)11-5-3-2-4-6-11;/h2-6,8-10H,1H3;2-5,7-9H,1H3;/q2*-1;. The van der Waals surface area contributed by atoms with Gasteiger partial charge in [0.25, 0.3) is 0 Å². The van der Waals surface area contributed by atoms with E-state index in [-0.39, 0.29) is 20.1 Å². The van der Waals surface area contributed by atoms with E-state index in [0.29, 0.717) is 14.5 Å². The smallest absolute Gasteiger partial charge is 0.0190 e. The average molecular weight is 683 g/mol. The molecule has 0 bridgehead atoms. The molecule has 4 heterocycles. The van der Waals surface area contributed by atoms with E-state index in [9.17, 15) is 0 Å². The average Bonchev–Trinajstić information content (AvgIpc) is 3.23. The van der Waals surface area contributed by atoms with Crippen molar-refractivity contribution >= 4 is 33.8 Å². The largest absolute Gasteiger partial charge is 0.304 e. The number of rotatable bonds is 2. The molecule has 0 aliphatic rings. The van der Waals surface area contributed by atoms with Crippen LogP contribution in [-0.4, -0.2) is 29.5 Å². The molecule has 4 aromatic heterocycles. The zero-order valence-corrected chi connectivity index (χ0v) is 22.9. The van der Waals surface area contributed by atoms with Crippen LogP contribution in [0.4, 0.5) is 0 Å². The molecule has 6 aromatic rings. The second-order valence-electron chi connectivity index (χ2n) is 7.74. The Morgan fingerprint density at radius 3 is 2.29 bits per heavy atom. The maximum atomic E-state index is 4.57. The van der Waals surface area contributed by atoms with Crippen LogP contribution in [0.2, 0.25) is 0 Å². The summed E-state index contributed by atoms with van der Waals surface area (Å²) in [4.78, 5) is 13.4. The molecule has 0 aliphatic heterocycles. The quantitative estimate of drug-likeness (QED) is 0.155. The van der Waals surface area contributed by atoms with Crippen molar-refractivity contribution in [2.45, 2.75) is 13.8 Å². The minimum absolute atomic E-state index is 0. The van der Waals surface area contributed by atoms with Gasteiger partial charge in [0.05, 0.1) is 0 Å². The molecule has 0 spiro atoms. The molecule has 0 amide bonds. The molecule has 1 radical (unpaired) electrons. The Bertz CT molecular complexity index is 1530. The van der Waals surface area contributed by atoms with Crippen LogP contribution in [0.5, 0.6) is 0 Å². The molecular formula is C29H21IrN3Se-2. The van der Waals surface area contributed by atoms with E-state index < -0.39 is 0 Å². The van der Waals surface area contributed by atoms with Gasteiger partial charge < -0.3 is 4.98 Å². The summed E-state index contributed by atoms with van der Waals surface area (Å²) in [6.07, 6.45) is 3.87. The summed E-state index contributed by atoms with van der Waals surface area (Å²) in [7, 11) is 0. The molecule has 0 unspecified atom stereocenters. The Balaban J connectivity index is 0.000000171. The fourth-order valence-electron chi connectivity index (χ4n) is 3.56. The van der Waals surface area contributed by atoms with Crippen LogP contribution in [0.3, 0.4) is 0 Å². The van der Waals surface area contributed by atoms with E-state index >= 15 is 0 Å². The van der Waals surface area contributed by atoms with Gasteiger partial charge in [-0.15, -0.1) is 35.9 Å². The van der Waals surface area contributed by atoms with Gasteiger partial charge in [0.15, 0.2) is 0 Å². The Kier molecular flexibility index (Phi) is 7.82. The number of nitrogens with zero attached hydrogens (tertiary/aromatic N) is 3. The molecule has 0 saturated carbocycles. The van der Waals surface area contributed by atoms with Gasteiger partial charge in [-0.05, 0) is 18.2 Å². The molecular weight excluding hydrogens is 662 g/mol. The summed E-state index contributed by atoms with van der Waals surface area (Å²) in [6, 6.07) is 32.9. The first kappa shape index (κ1) is 24.2. The second-order valence-corrected chi connectivity index (χ2v) is 10.0. The van der Waals surface area contributed by atoms with Crippen LogP contribution >= 0.6 is 0 Å². The summed E-state index contributed by atoms with van der Waals surface area (Å²) in [5.74, 6) is 0. The molecule has 0 aliphatic carbocycles. The summed E-state index contributed by atoms with van der Waals surface area (Å²) in [6.45, 7) is 4.02. The van der Waals surface area contributed by atoms with E-state index in [1.807, 2.05) is 68.7 Å². The minimum Gasteiger partial charge on any atom is -0.304 e. The fourth-order valence-corrected chi connectivity index (χ4v) is 5.77. The number of aromatic nitrogens is 3. The van der Waals surface area contributed by atoms with E-state index in [1.165, 1.54) is 24.9 Å². The number of hydrogen-bond donors (Lipinski definition) is 0. The Hall–Kier alpha value is -2.94. The van der Waals surface area contributed by atoms with Crippen LogP contribution in [-0.2, 0) is 20.1 Å². The van der Waals surface area contributed by atoms with Crippen LogP contribution in [0.25, 0.3) is 41.9 Å². The van der Waals surface area contributed by atoms with Crippen LogP contribution in [0.15, 0.2) is 91.3 Å². The molecule has 3 nitrogen and oxygen atoms in total. The number of aryl methyl sites for hydroxylation is 2. The van der Waals surface area contributed by atoms with E-state index in [2.05, 4.69) is 63.5 Å². The second kappa shape index (κ2) is 11.0. The summed E-state index contributed by atoms with van der Waals surface area (Å²) >= 11 is 0.376. The Morgan fingerprint density at radius 2 is 1.53 bits per heavy atom. The van der Waals surface area contributed by atoms with E-state index in [1.54, 1.807) is 0 Å². The fraction of sp³-hybridized carbons (Fsp3) is 0.0690. The zero-order chi connectivity index (χ0) is 22.6. The van der Waals surface area contributed by atoms with Crippen molar-refractivity contribution in [1.82, 2.24) is 15.0 Å². The van der Waals surface area contributed by atoms with E-state index in [0.717, 1.165) is 28.3 Å². The molecule has 6 rings (SSSR count). The number of fused-ring (bicyclic) bond motifs is 3. The Labute approximate surface area is 219 Å². The predicted molar refractivity (Wildman–Crippen MR) is 136 cm³/mol. The topological polar surface area (TPSA) is 38.7 Å². The van der Waals surface area contributed by atoms with Gasteiger partial charge in [-0.1, -0.05) is 12.1 Å². The third-order valence-corrected chi connectivity index (χ3v) is 7.59. The molecule has 0 atom stereocenters. The molecule has 0 N–H and O–H groups in total. The van der Waals surface area contributed by atoms with Crippen molar-refractivity contribution in [2.75, 3.05) is 0 Å². The number of hydrogen-bond acceptors (Lipinski definition) is 3. The molecule has 169 valence electrons. The van der Waals surface area contributed by atoms with Crippen molar-refractivity contribution in [3.05, 3.63) is 115 Å². The first-order chi connectivity index (χ1) is 16.2. The van der Waals surface area contributed by atoms with Gasteiger partial charge >= 0.3 is 122 Å². The van der Waals surface area contributed by atoms with Gasteiger partial charge in [0.2, 0.25) is 0 Å². The first-order valence-corrected chi connectivity index (χ1v) is 12.4. The van der Waals surface area contributed by atoms with Gasteiger partial charge in [-0.25, -0.2) is 0 Å². The number of benzene rings is 2. The van der Waals surface area contributed by atoms with Crippen molar-refractivity contribution in [2.24, 2.45) is 0 Å². The van der Waals surface area contributed by atoms with Crippen molar-refractivity contribution < 1.29 is 20.1 Å². The molecule has 0 fully saturated rings. The minimum atomic E-state index is 0. The zero-order valence-electron chi connectivity index (χ0n) is 18.7. The SMILES string of the molecule is Cc1cc[c-]c(-c2cc3c(cn2)[se]c2ccccc23)n1.Cc1ccc(-c2[c-]cccc2)nc1.[Ir].